The molecule has 0 aromatic carbocycles. The van der Waals surface area contributed by atoms with Gasteiger partial charge in [-0.25, -0.2) is 4.79 Å². The Morgan fingerprint density at radius 3 is 1.53 bits per heavy atom. The maximum Gasteiger partial charge on any atom is 0.518 e. The van der Waals surface area contributed by atoms with Crippen molar-refractivity contribution >= 4 is 39.7 Å². The highest BCUT2D eigenvalue weighted by atomic mass is 28.5. The van der Waals surface area contributed by atoms with E-state index in [4.69, 9.17) is 17.1 Å². The molecule has 2 unspecified atom stereocenters. The van der Waals surface area contributed by atoms with Gasteiger partial charge in [-0.2, -0.15) is 0 Å². The zero-order chi connectivity index (χ0) is 24.2. The minimum absolute atomic E-state index is 0.192. The molecule has 178 valence electrons. The number of carbonyl (C=O) groups is 1. The summed E-state index contributed by atoms with van der Waals surface area (Å²) in [6.07, 6.45) is -0.620. The Hall–Kier alpha value is -0.122. The van der Waals surface area contributed by atoms with Crippen molar-refractivity contribution in [3.8, 4) is 0 Å². The summed E-state index contributed by atoms with van der Waals surface area (Å²) >= 11 is 0. The number of hydrogen-bond acceptors (Lipinski definition) is 7. The summed E-state index contributed by atoms with van der Waals surface area (Å²) in [7, 11) is -10.9. The molecule has 0 saturated carbocycles. The van der Waals surface area contributed by atoms with Gasteiger partial charge in [-0.3, -0.25) is 0 Å². The van der Waals surface area contributed by atoms with Crippen LogP contribution in [0.5, 0.6) is 0 Å². The van der Waals surface area contributed by atoms with Crippen molar-refractivity contribution in [1.29, 1.82) is 0 Å². The maximum atomic E-state index is 12.8. The van der Waals surface area contributed by atoms with Crippen molar-refractivity contribution in [3.05, 3.63) is 12.2 Å². The highest BCUT2D eigenvalue weighted by Crippen LogP contribution is 2.41. The number of carbonyl (C=O) groups excluding carboxylic acids is 1. The number of rotatable bonds is 13. The van der Waals surface area contributed by atoms with Crippen molar-refractivity contribution in [3.63, 3.8) is 0 Å². The first-order chi connectivity index (χ1) is 13.2. The van der Waals surface area contributed by atoms with E-state index in [2.05, 4.69) is 6.58 Å². The topological polar surface area (TPSA) is 94.5 Å². The van der Waals surface area contributed by atoms with Gasteiger partial charge >= 0.3 is 14.8 Å². The summed E-state index contributed by atoms with van der Waals surface area (Å²) in [5, 5.41) is 19.5. The summed E-state index contributed by atoms with van der Waals surface area (Å²) in [4.78, 5) is 12.8. The van der Waals surface area contributed by atoms with Gasteiger partial charge in [0.2, 0.25) is 5.22 Å². The van der Waals surface area contributed by atoms with Crippen LogP contribution in [0, 0.1) is 0 Å². The second-order valence-electron chi connectivity index (χ2n) is 10.7. The third-order valence-electron chi connectivity index (χ3n) is 3.80. The van der Waals surface area contributed by atoms with Gasteiger partial charge < -0.3 is 27.3 Å². The Bertz CT molecular complexity index is 552. The molecule has 2 atom stereocenters. The SMILES string of the molecule is C=C(C)C(=O)OC(CCC)(C(O)CO)[Si](O[Si](C)(C)C)(O[Si](C)(C)C)O[Si](C)(C)C. The van der Waals surface area contributed by atoms with Gasteiger partial charge in [0.25, 0.3) is 0 Å². The molecule has 0 spiro atoms. The molecule has 0 amide bonds. The molecule has 0 aliphatic rings. The summed E-state index contributed by atoms with van der Waals surface area (Å²) < 4.78 is 26.2. The lowest BCUT2D eigenvalue weighted by atomic mass is 10.1. The average molecular weight is 497 g/mol. The molecule has 0 aliphatic carbocycles. The van der Waals surface area contributed by atoms with Crippen LogP contribution in [0.4, 0.5) is 0 Å². The monoisotopic (exact) mass is 496 g/mol. The second-order valence-corrected chi connectivity index (χ2v) is 27.8. The fourth-order valence-electron chi connectivity index (χ4n) is 3.01. The van der Waals surface area contributed by atoms with Gasteiger partial charge in [-0.15, -0.1) is 0 Å². The largest absolute Gasteiger partial charge is 0.518 e. The van der Waals surface area contributed by atoms with Crippen molar-refractivity contribution in [1.82, 2.24) is 0 Å². The van der Waals surface area contributed by atoms with Crippen LogP contribution in [0.3, 0.4) is 0 Å². The lowest BCUT2D eigenvalue weighted by molar-refractivity contribution is -0.167. The van der Waals surface area contributed by atoms with Gasteiger partial charge in [0.1, 0.15) is 6.10 Å². The third-order valence-corrected chi connectivity index (χ3v) is 16.1. The van der Waals surface area contributed by atoms with E-state index >= 15 is 0 Å². The molecule has 0 fully saturated rings. The van der Waals surface area contributed by atoms with E-state index in [0.717, 1.165) is 0 Å². The van der Waals surface area contributed by atoms with E-state index in [0.29, 0.717) is 6.42 Å². The normalized spacial score (nSPS) is 16.7. The number of aliphatic hydroxyl groups excluding tert-OH is 2. The molecule has 0 heterocycles. The number of esters is 1. The average Bonchev–Trinajstić information content (AvgIpc) is 2.47. The quantitative estimate of drug-likeness (QED) is 0.226. The minimum atomic E-state index is -3.90. The number of hydrogen-bond donors (Lipinski definition) is 2. The van der Waals surface area contributed by atoms with Crippen LogP contribution in [0.2, 0.25) is 58.9 Å². The molecule has 0 aromatic rings. The summed E-state index contributed by atoms with van der Waals surface area (Å²) in [6, 6.07) is 0. The Kier molecular flexibility index (Phi) is 10.6. The minimum Gasteiger partial charge on any atom is -0.448 e. The zero-order valence-corrected chi connectivity index (χ0v) is 24.8. The smallest absolute Gasteiger partial charge is 0.448 e. The Labute approximate surface area is 187 Å². The summed E-state index contributed by atoms with van der Waals surface area (Å²) in [5.74, 6) is -0.662. The maximum absolute atomic E-state index is 12.8. The first-order valence-electron chi connectivity index (χ1n) is 10.5. The number of ether oxygens (including phenoxy) is 1. The summed E-state index contributed by atoms with van der Waals surface area (Å²) in [5.41, 5.74) is 0.192. The molecule has 0 saturated heterocycles. The van der Waals surface area contributed by atoms with E-state index in [1.807, 2.05) is 65.8 Å². The molecule has 0 aliphatic heterocycles. The van der Waals surface area contributed by atoms with Gasteiger partial charge in [-0.1, -0.05) is 19.9 Å². The predicted octanol–water partition coefficient (Wildman–Crippen LogP) is 4.03. The van der Waals surface area contributed by atoms with Crippen molar-refractivity contribution in [2.45, 2.75) is 96.9 Å². The first kappa shape index (κ1) is 29.9. The highest BCUT2D eigenvalue weighted by Gasteiger charge is 2.70. The molecule has 0 radical (unpaired) electrons. The molecular weight excluding hydrogens is 453 g/mol. The van der Waals surface area contributed by atoms with Gasteiger partial charge in [0.05, 0.1) is 6.61 Å². The Balaban J connectivity index is 7.23. The lowest BCUT2D eigenvalue weighted by Gasteiger charge is -2.52. The molecule has 30 heavy (non-hydrogen) atoms. The van der Waals surface area contributed by atoms with Gasteiger partial charge in [0, 0.05) is 5.57 Å². The summed E-state index contributed by atoms with van der Waals surface area (Å²) in [6.45, 7) is 24.7. The molecule has 0 rings (SSSR count). The fraction of sp³-hybridized carbons (Fsp3) is 0.842. The molecule has 2 N–H and O–H groups in total. The highest BCUT2D eigenvalue weighted by molar-refractivity contribution is 6.91. The van der Waals surface area contributed by atoms with E-state index in [1.54, 1.807) is 6.92 Å². The standard InChI is InChI=1S/C19H44O7Si4/c1-13-14-19(17(21)15-20,23-18(22)16(2)3)30(24-27(4,5)6,25-28(7,8)9)26-29(10,11)12/h17,20-21H,2,13-15H2,1,3-12H3. The fourth-order valence-corrected chi connectivity index (χ4v) is 17.7. The molecule has 11 heteroatoms. The molecule has 7 nitrogen and oxygen atoms in total. The van der Waals surface area contributed by atoms with E-state index in [1.165, 1.54) is 0 Å². The van der Waals surface area contributed by atoms with Crippen LogP contribution >= 0.6 is 0 Å². The molecular formula is C19H44O7Si4. The van der Waals surface area contributed by atoms with Crippen LogP contribution in [-0.2, 0) is 21.9 Å². The first-order valence-corrected chi connectivity index (χ1v) is 22.5. The number of aliphatic hydroxyl groups is 2. The molecule has 0 bridgehead atoms. The third kappa shape index (κ3) is 8.79. The predicted molar refractivity (Wildman–Crippen MR) is 131 cm³/mol. The van der Waals surface area contributed by atoms with E-state index < -0.39 is 57.7 Å². The van der Waals surface area contributed by atoms with Crippen LogP contribution < -0.4 is 0 Å². The van der Waals surface area contributed by atoms with Crippen LogP contribution in [0.1, 0.15) is 26.7 Å². The Morgan fingerprint density at radius 1 is 0.933 bits per heavy atom. The lowest BCUT2D eigenvalue weighted by Crippen LogP contribution is -2.77. The van der Waals surface area contributed by atoms with Gasteiger partial charge in [0.15, 0.2) is 25.0 Å². The van der Waals surface area contributed by atoms with E-state index in [9.17, 15) is 15.0 Å². The second kappa shape index (κ2) is 10.7. The van der Waals surface area contributed by atoms with Crippen molar-refractivity contribution in [2.75, 3.05) is 6.61 Å². The van der Waals surface area contributed by atoms with Crippen LogP contribution in [0.15, 0.2) is 12.2 Å². The van der Waals surface area contributed by atoms with Crippen molar-refractivity contribution < 1.29 is 32.1 Å². The van der Waals surface area contributed by atoms with Crippen LogP contribution in [-0.4, -0.2) is 67.9 Å². The zero-order valence-electron chi connectivity index (χ0n) is 20.8. The Morgan fingerprint density at radius 2 is 1.30 bits per heavy atom. The van der Waals surface area contributed by atoms with Gasteiger partial charge in [-0.05, 0) is 72.3 Å². The van der Waals surface area contributed by atoms with Crippen molar-refractivity contribution in [2.24, 2.45) is 0 Å². The van der Waals surface area contributed by atoms with Crippen LogP contribution in [0.25, 0.3) is 0 Å². The molecule has 0 aromatic heterocycles. The van der Waals surface area contributed by atoms with E-state index in [-0.39, 0.29) is 12.0 Å².